The molecule has 1 saturated carbocycles. The Morgan fingerprint density at radius 2 is 2.00 bits per heavy atom. The third kappa shape index (κ3) is 3.91. The molecule has 0 atom stereocenters. The van der Waals surface area contributed by atoms with E-state index in [9.17, 15) is 8.42 Å². The fraction of sp³-hybridized carbons (Fsp3) is 0.615. The van der Waals surface area contributed by atoms with Crippen LogP contribution in [0.2, 0.25) is 5.15 Å². The molecule has 106 valence electrons. The van der Waals surface area contributed by atoms with Crippen molar-refractivity contribution in [3.8, 4) is 0 Å². The van der Waals surface area contributed by atoms with E-state index in [4.69, 9.17) is 11.6 Å². The second-order valence-electron chi connectivity index (χ2n) is 5.06. The summed E-state index contributed by atoms with van der Waals surface area (Å²) < 4.78 is 27.1. The zero-order chi connectivity index (χ0) is 13.9. The van der Waals surface area contributed by atoms with E-state index in [0.717, 1.165) is 31.6 Å². The Kier molecular flexibility index (Phi) is 4.81. The lowest BCUT2D eigenvalue weighted by Crippen LogP contribution is -2.37. The Labute approximate surface area is 119 Å². The SMILES string of the molecule is CCC1CCC(NS(=O)(=O)c2ccc(Cl)nc2)CC1. The van der Waals surface area contributed by atoms with E-state index in [2.05, 4.69) is 16.6 Å². The molecule has 1 fully saturated rings. The van der Waals surface area contributed by atoms with Gasteiger partial charge in [-0.2, -0.15) is 0 Å². The number of hydrogen-bond acceptors (Lipinski definition) is 3. The van der Waals surface area contributed by atoms with Crippen LogP contribution in [0.4, 0.5) is 0 Å². The fourth-order valence-electron chi connectivity index (χ4n) is 2.50. The number of sulfonamides is 1. The zero-order valence-corrected chi connectivity index (χ0v) is 12.5. The molecule has 1 aromatic heterocycles. The molecule has 1 heterocycles. The highest BCUT2D eigenvalue weighted by Gasteiger charge is 2.25. The average Bonchev–Trinajstić information content (AvgIpc) is 2.40. The number of pyridine rings is 1. The first-order valence-corrected chi connectivity index (χ1v) is 8.51. The van der Waals surface area contributed by atoms with Crippen LogP contribution in [0.3, 0.4) is 0 Å². The van der Waals surface area contributed by atoms with Gasteiger partial charge in [0, 0.05) is 12.2 Å². The van der Waals surface area contributed by atoms with Gasteiger partial charge in [0.05, 0.1) is 0 Å². The standard InChI is InChI=1S/C13H19ClN2O2S/c1-2-10-3-5-11(6-4-10)16-19(17,18)12-7-8-13(14)15-9-12/h7-11,16H,2-6H2,1H3. The Balaban J connectivity index is 2.00. The number of rotatable bonds is 4. The summed E-state index contributed by atoms with van der Waals surface area (Å²) in [6.07, 6.45) is 6.51. The van der Waals surface area contributed by atoms with Crippen molar-refractivity contribution in [1.29, 1.82) is 0 Å². The van der Waals surface area contributed by atoms with Crippen molar-refractivity contribution < 1.29 is 8.42 Å². The fourth-order valence-corrected chi connectivity index (χ4v) is 3.86. The summed E-state index contributed by atoms with van der Waals surface area (Å²) in [6.45, 7) is 2.19. The van der Waals surface area contributed by atoms with Crippen LogP contribution in [0.1, 0.15) is 39.0 Å². The highest BCUT2D eigenvalue weighted by atomic mass is 35.5. The first kappa shape index (κ1) is 14.8. The van der Waals surface area contributed by atoms with Crippen molar-refractivity contribution in [1.82, 2.24) is 9.71 Å². The number of nitrogens with zero attached hydrogens (tertiary/aromatic N) is 1. The van der Waals surface area contributed by atoms with Crippen LogP contribution >= 0.6 is 11.6 Å². The molecule has 0 spiro atoms. The van der Waals surface area contributed by atoms with Gasteiger partial charge in [0.25, 0.3) is 0 Å². The molecular weight excluding hydrogens is 284 g/mol. The topological polar surface area (TPSA) is 59.1 Å². The average molecular weight is 303 g/mol. The molecule has 0 aromatic carbocycles. The number of nitrogens with one attached hydrogen (secondary N) is 1. The molecule has 1 N–H and O–H groups in total. The molecule has 6 heteroatoms. The van der Waals surface area contributed by atoms with Gasteiger partial charge in [0.1, 0.15) is 10.0 Å². The van der Waals surface area contributed by atoms with Crippen LogP contribution in [0.25, 0.3) is 0 Å². The lowest BCUT2D eigenvalue weighted by molar-refractivity contribution is 0.306. The van der Waals surface area contributed by atoms with Gasteiger partial charge in [0.2, 0.25) is 10.0 Å². The van der Waals surface area contributed by atoms with E-state index in [0.29, 0.717) is 5.15 Å². The highest BCUT2D eigenvalue weighted by molar-refractivity contribution is 7.89. The lowest BCUT2D eigenvalue weighted by Gasteiger charge is -2.28. The predicted octanol–water partition coefficient (Wildman–Crippen LogP) is 2.98. The van der Waals surface area contributed by atoms with Crippen molar-refractivity contribution in [2.45, 2.75) is 50.0 Å². The molecule has 0 radical (unpaired) electrons. The van der Waals surface area contributed by atoms with E-state index in [1.807, 2.05) is 0 Å². The first-order valence-electron chi connectivity index (χ1n) is 6.65. The molecular formula is C13H19ClN2O2S. The van der Waals surface area contributed by atoms with Gasteiger partial charge in [-0.15, -0.1) is 0 Å². The third-order valence-corrected chi connectivity index (χ3v) is 5.49. The second-order valence-corrected chi connectivity index (χ2v) is 7.17. The molecule has 2 rings (SSSR count). The number of halogens is 1. The van der Waals surface area contributed by atoms with Gasteiger partial charge in [-0.25, -0.2) is 18.1 Å². The highest BCUT2D eigenvalue weighted by Crippen LogP contribution is 2.27. The van der Waals surface area contributed by atoms with Gasteiger partial charge in [0.15, 0.2) is 0 Å². The molecule has 0 aliphatic heterocycles. The van der Waals surface area contributed by atoms with Gasteiger partial charge < -0.3 is 0 Å². The summed E-state index contributed by atoms with van der Waals surface area (Å²) in [6, 6.07) is 3.02. The van der Waals surface area contributed by atoms with Crippen LogP contribution in [0, 0.1) is 5.92 Å². The minimum Gasteiger partial charge on any atom is -0.243 e. The first-order chi connectivity index (χ1) is 9.01. The molecule has 1 aliphatic rings. The van der Waals surface area contributed by atoms with Crippen LogP contribution < -0.4 is 4.72 Å². The van der Waals surface area contributed by atoms with Crippen molar-refractivity contribution in [2.24, 2.45) is 5.92 Å². The summed E-state index contributed by atoms with van der Waals surface area (Å²) in [4.78, 5) is 3.99. The molecule has 0 unspecified atom stereocenters. The molecule has 19 heavy (non-hydrogen) atoms. The Hall–Kier alpha value is -0.650. The van der Waals surface area contributed by atoms with E-state index >= 15 is 0 Å². The van der Waals surface area contributed by atoms with Crippen LogP contribution in [0.15, 0.2) is 23.2 Å². The van der Waals surface area contributed by atoms with E-state index in [1.165, 1.54) is 24.8 Å². The maximum absolute atomic E-state index is 12.2. The van der Waals surface area contributed by atoms with E-state index < -0.39 is 10.0 Å². The molecule has 0 amide bonds. The third-order valence-electron chi connectivity index (χ3n) is 3.76. The molecule has 1 aromatic rings. The van der Waals surface area contributed by atoms with Crippen molar-refractivity contribution in [3.63, 3.8) is 0 Å². The second kappa shape index (κ2) is 6.20. The molecule has 1 aliphatic carbocycles. The van der Waals surface area contributed by atoms with Gasteiger partial charge in [-0.3, -0.25) is 0 Å². The van der Waals surface area contributed by atoms with Gasteiger partial charge in [-0.1, -0.05) is 24.9 Å². The monoisotopic (exact) mass is 302 g/mol. The minimum absolute atomic E-state index is 0.0449. The Morgan fingerprint density at radius 3 is 2.53 bits per heavy atom. The van der Waals surface area contributed by atoms with Gasteiger partial charge >= 0.3 is 0 Å². The molecule has 0 bridgehead atoms. The smallest absolute Gasteiger partial charge is 0.242 e. The minimum atomic E-state index is -3.47. The summed E-state index contributed by atoms with van der Waals surface area (Å²) in [5.41, 5.74) is 0. The van der Waals surface area contributed by atoms with Crippen molar-refractivity contribution in [2.75, 3.05) is 0 Å². The summed E-state index contributed by atoms with van der Waals surface area (Å²) in [5, 5.41) is 0.294. The predicted molar refractivity (Wildman–Crippen MR) is 75.6 cm³/mol. The summed E-state index contributed by atoms with van der Waals surface area (Å²) in [5.74, 6) is 0.748. The normalized spacial score (nSPS) is 24.3. The Morgan fingerprint density at radius 1 is 1.32 bits per heavy atom. The van der Waals surface area contributed by atoms with Crippen molar-refractivity contribution >= 4 is 21.6 Å². The van der Waals surface area contributed by atoms with Crippen LogP contribution in [0.5, 0.6) is 0 Å². The summed E-state index contributed by atoms with van der Waals surface area (Å²) in [7, 11) is -3.47. The molecule has 4 nitrogen and oxygen atoms in total. The van der Waals surface area contributed by atoms with Gasteiger partial charge in [-0.05, 0) is 43.7 Å². The van der Waals surface area contributed by atoms with E-state index in [-0.39, 0.29) is 10.9 Å². The van der Waals surface area contributed by atoms with Crippen LogP contribution in [-0.2, 0) is 10.0 Å². The number of hydrogen-bond donors (Lipinski definition) is 1. The zero-order valence-electron chi connectivity index (χ0n) is 11.0. The Bertz CT molecular complexity index is 508. The molecule has 0 saturated heterocycles. The maximum atomic E-state index is 12.2. The quantitative estimate of drug-likeness (QED) is 0.870. The lowest BCUT2D eigenvalue weighted by atomic mass is 9.85. The maximum Gasteiger partial charge on any atom is 0.242 e. The van der Waals surface area contributed by atoms with E-state index in [1.54, 1.807) is 0 Å². The number of aromatic nitrogens is 1. The largest absolute Gasteiger partial charge is 0.243 e. The van der Waals surface area contributed by atoms with Crippen molar-refractivity contribution in [3.05, 3.63) is 23.5 Å². The van der Waals surface area contributed by atoms with Crippen LogP contribution in [-0.4, -0.2) is 19.4 Å². The summed E-state index contributed by atoms with van der Waals surface area (Å²) >= 11 is 5.66.